The van der Waals surface area contributed by atoms with Crippen LogP contribution in [0.3, 0.4) is 0 Å². The summed E-state index contributed by atoms with van der Waals surface area (Å²) in [6, 6.07) is 71.3. The van der Waals surface area contributed by atoms with Gasteiger partial charge in [-0.1, -0.05) is 152 Å². The maximum absolute atomic E-state index is 7.06. The van der Waals surface area contributed by atoms with E-state index in [1.165, 1.54) is 38.2 Å². The van der Waals surface area contributed by atoms with E-state index < -0.39 is 0 Å². The Morgan fingerprint density at radius 3 is 1.87 bits per heavy atom. The number of nitrogens with zero attached hydrogens (tertiary/aromatic N) is 3. The number of hydrogen-bond acceptors (Lipinski definition) is 3. The summed E-state index contributed by atoms with van der Waals surface area (Å²) in [6.45, 7) is 0. The van der Waals surface area contributed by atoms with E-state index >= 15 is 0 Å². The molecule has 11 aromatic rings. The van der Waals surface area contributed by atoms with Crippen LogP contribution >= 0.6 is 0 Å². The molecule has 0 bridgehead atoms. The number of aliphatic imine (C=N–C) groups is 1. The van der Waals surface area contributed by atoms with Crippen molar-refractivity contribution in [3.05, 3.63) is 217 Å². The Bertz CT molecular complexity index is 3640. The Morgan fingerprint density at radius 1 is 0.426 bits per heavy atom. The molecule has 0 fully saturated rings. The Balaban J connectivity index is 0.984. The van der Waals surface area contributed by atoms with Crippen LogP contribution in [0.2, 0.25) is 0 Å². The van der Waals surface area contributed by atoms with Crippen molar-refractivity contribution in [3.63, 3.8) is 0 Å². The van der Waals surface area contributed by atoms with E-state index in [9.17, 15) is 0 Å². The Morgan fingerprint density at radius 2 is 1.07 bits per heavy atom. The molecule has 0 spiro atoms. The van der Waals surface area contributed by atoms with Crippen molar-refractivity contribution >= 4 is 66.0 Å². The molecule has 0 saturated carbocycles. The molecule has 13 rings (SSSR count). The van der Waals surface area contributed by atoms with E-state index in [0.717, 1.165) is 78.4 Å². The van der Waals surface area contributed by atoms with Crippen LogP contribution in [0, 0.1) is 0 Å². The van der Waals surface area contributed by atoms with E-state index in [4.69, 9.17) is 9.73 Å². The fourth-order valence-electron chi connectivity index (χ4n) is 9.91. The molecule has 2 aliphatic rings. The predicted octanol–water partition coefficient (Wildman–Crippen LogP) is 14.1. The fourth-order valence-corrected chi connectivity index (χ4v) is 9.91. The smallest absolute Gasteiger partial charge is 0.209 e. The quantitative estimate of drug-likeness (QED) is 0.193. The standard InChI is InChI=1S/C56H36N4O/c1-4-16-35(17-5-1)45-33-46(36-18-6-2-7-19-36)58-56(57-45)60-48-28-13-11-23-43(48)53-39(24-15-29-49(53)60)37-30-31-40-41-25-14-26-44-54-42-22-10-12-27-47(42)59(38-20-8-3-9-21-38)50(54)34-52(55(41)44)61-51(40)32-37/h1-34,45H,(H,57,58). The molecule has 9 aromatic carbocycles. The zero-order chi connectivity index (χ0) is 40.0. The molecular weight excluding hydrogens is 745 g/mol. The second-order valence-corrected chi connectivity index (χ2v) is 15.9. The highest BCUT2D eigenvalue weighted by molar-refractivity contribution is 6.25. The zero-order valence-corrected chi connectivity index (χ0v) is 33.0. The van der Waals surface area contributed by atoms with Crippen molar-refractivity contribution in [2.24, 2.45) is 4.99 Å². The van der Waals surface area contributed by atoms with Crippen LogP contribution in [0.25, 0.3) is 88.0 Å². The normalized spacial score (nSPS) is 14.5. The summed E-state index contributed by atoms with van der Waals surface area (Å²) in [7, 11) is 0. The molecule has 1 atom stereocenters. The summed E-state index contributed by atoms with van der Waals surface area (Å²) in [6.07, 6.45) is 2.23. The number of para-hydroxylation sites is 3. The number of hydrogen-bond donors (Lipinski definition) is 1. The van der Waals surface area contributed by atoms with Crippen LogP contribution in [-0.4, -0.2) is 15.1 Å². The minimum absolute atomic E-state index is 0.0661. The number of benzene rings is 9. The maximum Gasteiger partial charge on any atom is 0.209 e. The third-order valence-corrected chi connectivity index (χ3v) is 12.5. The highest BCUT2D eigenvalue weighted by Gasteiger charge is 2.27. The molecule has 0 amide bonds. The highest BCUT2D eigenvalue weighted by Crippen LogP contribution is 2.52. The molecule has 61 heavy (non-hydrogen) atoms. The van der Waals surface area contributed by atoms with Gasteiger partial charge in [0, 0.05) is 49.8 Å². The molecule has 4 heterocycles. The first-order valence-corrected chi connectivity index (χ1v) is 20.8. The molecule has 286 valence electrons. The Labute approximate surface area is 351 Å². The first-order chi connectivity index (χ1) is 30.3. The second-order valence-electron chi connectivity index (χ2n) is 15.9. The topological polar surface area (TPSA) is 43.5 Å². The van der Waals surface area contributed by atoms with Gasteiger partial charge in [-0.3, -0.25) is 4.57 Å². The van der Waals surface area contributed by atoms with Gasteiger partial charge in [0.1, 0.15) is 11.5 Å². The van der Waals surface area contributed by atoms with E-state index in [-0.39, 0.29) is 6.04 Å². The van der Waals surface area contributed by atoms with Gasteiger partial charge in [0.15, 0.2) is 0 Å². The van der Waals surface area contributed by atoms with Crippen molar-refractivity contribution < 1.29 is 4.74 Å². The van der Waals surface area contributed by atoms with E-state index in [1.54, 1.807) is 0 Å². The number of nitrogens with one attached hydrogen (secondary N) is 1. The Kier molecular flexibility index (Phi) is 7.30. The second kappa shape index (κ2) is 13.2. The molecule has 2 aliphatic heterocycles. The van der Waals surface area contributed by atoms with Crippen molar-refractivity contribution in [2.45, 2.75) is 6.04 Å². The molecular formula is C56H36N4O. The molecule has 5 nitrogen and oxygen atoms in total. The number of fused-ring (bicyclic) bond motifs is 9. The van der Waals surface area contributed by atoms with Crippen molar-refractivity contribution in [1.29, 1.82) is 0 Å². The van der Waals surface area contributed by atoms with Gasteiger partial charge in [0.25, 0.3) is 0 Å². The molecule has 5 heteroatoms. The number of rotatable bonds is 4. The summed E-state index contributed by atoms with van der Waals surface area (Å²) in [5.74, 6) is 2.51. The first-order valence-electron chi connectivity index (χ1n) is 20.8. The van der Waals surface area contributed by atoms with Gasteiger partial charge in [0.2, 0.25) is 5.96 Å². The summed E-state index contributed by atoms with van der Waals surface area (Å²) in [4.78, 5) is 5.34. The lowest BCUT2D eigenvalue weighted by atomic mass is 9.90. The van der Waals surface area contributed by atoms with Crippen LogP contribution in [0.1, 0.15) is 17.2 Å². The van der Waals surface area contributed by atoms with Crippen LogP contribution in [0.5, 0.6) is 11.5 Å². The van der Waals surface area contributed by atoms with Gasteiger partial charge < -0.3 is 14.6 Å². The molecule has 0 aliphatic carbocycles. The SMILES string of the molecule is C1=C(c2ccccc2)N=C(n2c3ccccc3c3c(-c4ccc5c(c4)Oc4cc6c(c7cccc-5c47)c4ccccc4n6-c4ccccc4)cccc32)NC1c1ccccc1. The van der Waals surface area contributed by atoms with Crippen molar-refractivity contribution in [2.75, 3.05) is 0 Å². The Hall–Kier alpha value is -8.15. The minimum Gasteiger partial charge on any atom is -0.456 e. The van der Waals surface area contributed by atoms with Gasteiger partial charge in [-0.25, -0.2) is 4.99 Å². The van der Waals surface area contributed by atoms with Crippen LogP contribution in [0.15, 0.2) is 211 Å². The van der Waals surface area contributed by atoms with Crippen LogP contribution in [0.4, 0.5) is 0 Å². The third kappa shape index (κ3) is 5.11. The summed E-state index contributed by atoms with van der Waals surface area (Å²) < 4.78 is 11.7. The van der Waals surface area contributed by atoms with Crippen LogP contribution < -0.4 is 10.1 Å². The summed E-state index contributed by atoms with van der Waals surface area (Å²) >= 11 is 0. The molecule has 0 radical (unpaired) electrons. The molecule has 0 saturated heterocycles. The number of ether oxygens (including phenoxy) is 1. The fraction of sp³-hybridized carbons (Fsp3) is 0.0179. The van der Waals surface area contributed by atoms with E-state index in [0.29, 0.717) is 0 Å². The monoisotopic (exact) mass is 780 g/mol. The lowest BCUT2D eigenvalue weighted by Gasteiger charge is -2.25. The largest absolute Gasteiger partial charge is 0.456 e. The minimum atomic E-state index is -0.0661. The van der Waals surface area contributed by atoms with E-state index in [2.05, 4.69) is 215 Å². The maximum atomic E-state index is 7.06. The zero-order valence-electron chi connectivity index (χ0n) is 33.0. The predicted molar refractivity (Wildman–Crippen MR) is 252 cm³/mol. The van der Waals surface area contributed by atoms with Gasteiger partial charge in [-0.05, 0) is 76.2 Å². The average Bonchev–Trinajstić information content (AvgIpc) is 3.85. The lowest BCUT2D eigenvalue weighted by Crippen LogP contribution is -2.35. The van der Waals surface area contributed by atoms with Gasteiger partial charge in [0.05, 0.1) is 33.8 Å². The van der Waals surface area contributed by atoms with Gasteiger partial charge in [-0.2, -0.15) is 0 Å². The third-order valence-electron chi connectivity index (χ3n) is 12.5. The molecule has 1 unspecified atom stereocenters. The summed E-state index contributed by atoms with van der Waals surface area (Å²) in [5, 5.41) is 11.0. The first kappa shape index (κ1) is 33.8. The lowest BCUT2D eigenvalue weighted by molar-refractivity contribution is 0.488. The highest BCUT2D eigenvalue weighted by atomic mass is 16.5. The van der Waals surface area contributed by atoms with Crippen molar-refractivity contribution in [1.82, 2.24) is 14.5 Å². The van der Waals surface area contributed by atoms with Crippen molar-refractivity contribution in [3.8, 4) is 39.4 Å². The van der Waals surface area contributed by atoms with Gasteiger partial charge in [-0.15, -0.1) is 0 Å². The van der Waals surface area contributed by atoms with Gasteiger partial charge >= 0.3 is 0 Å². The molecule has 1 N–H and O–H groups in total. The van der Waals surface area contributed by atoms with Crippen LogP contribution in [-0.2, 0) is 0 Å². The number of aromatic nitrogens is 2. The van der Waals surface area contributed by atoms with E-state index in [1.807, 2.05) is 6.07 Å². The summed E-state index contributed by atoms with van der Waals surface area (Å²) in [5.41, 5.74) is 13.3. The average molecular weight is 781 g/mol. The molecule has 2 aromatic heterocycles.